The maximum absolute atomic E-state index is 12.0. The number of amides is 1. The van der Waals surface area contributed by atoms with Gasteiger partial charge in [0.15, 0.2) is 5.96 Å². The van der Waals surface area contributed by atoms with E-state index < -0.39 is 0 Å². The van der Waals surface area contributed by atoms with E-state index in [1.165, 1.54) is 37.1 Å². The van der Waals surface area contributed by atoms with Gasteiger partial charge in [-0.2, -0.15) is 0 Å². The van der Waals surface area contributed by atoms with Gasteiger partial charge in [0, 0.05) is 46.3 Å². The Balaban J connectivity index is 1.45. The highest BCUT2D eigenvalue weighted by molar-refractivity contribution is 5.93. The number of rotatable bonds is 7. The normalized spacial score (nSPS) is 14.6. The third-order valence-corrected chi connectivity index (χ3v) is 5.38. The molecule has 30 heavy (non-hydrogen) atoms. The largest absolute Gasteiger partial charge is 0.352 e. The first-order chi connectivity index (χ1) is 14.5. The molecule has 2 aromatic carbocycles. The van der Waals surface area contributed by atoms with Gasteiger partial charge >= 0.3 is 0 Å². The molecule has 3 rings (SSSR count). The Bertz CT molecular complexity index is 837. The van der Waals surface area contributed by atoms with Crippen molar-refractivity contribution in [3.63, 3.8) is 0 Å². The molecule has 1 fully saturated rings. The number of aliphatic imine (C=N–C) groups is 1. The summed E-state index contributed by atoms with van der Waals surface area (Å²) in [6, 6.07) is 16.5. The van der Waals surface area contributed by atoms with E-state index in [-0.39, 0.29) is 5.91 Å². The minimum absolute atomic E-state index is 0.0124. The predicted molar refractivity (Wildman–Crippen MR) is 122 cm³/mol. The van der Waals surface area contributed by atoms with Crippen LogP contribution >= 0.6 is 0 Å². The molecule has 1 amide bonds. The van der Waals surface area contributed by atoms with Crippen LogP contribution in [0, 0.1) is 0 Å². The molecule has 0 aliphatic carbocycles. The van der Waals surface area contributed by atoms with Crippen molar-refractivity contribution in [1.82, 2.24) is 20.4 Å². The van der Waals surface area contributed by atoms with E-state index in [9.17, 15) is 4.79 Å². The summed E-state index contributed by atoms with van der Waals surface area (Å²) in [6.45, 7) is 4.86. The molecule has 0 radical (unpaired) electrons. The molecule has 2 aromatic rings. The lowest BCUT2D eigenvalue weighted by Gasteiger charge is -2.15. The minimum atomic E-state index is 0.0124. The number of guanidine groups is 1. The Morgan fingerprint density at radius 2 is 1.40 bits per heavy atom. The van der Waals surface area contributed by atoms with Gasteiger partial charge < -0.3 is 15.5 Å². The summed E-state index contributed by atoms with van der Waals surface area (Å²) in [5.41, 5.74) is 4.40. The first-order valence-electron chi connectivity index (χ1n) is 10.6. The van der Waals surface area contributed by atoms with Crippen molar-refractivity contribution >= 4 is 11.9 Å². The van der Waals surface area contributed by atoms with Crippen molar-refractivity contribution in [3.8, 4) is 0 Å². The molecule has 1 aliphatic heterocycles. The van der Waals surface area contributed by atoms with E-state index in [0.29, 0.717) is 12.1 Å². The van der Waals surface area contributed by atoms with Crippen LogP contribution in [0.5, 0.6) is 0 Å². The molecule has 2 N–H and O–H groups in total. The van der Waals surface area contributed by atoms with Crippen LogP contribution < -0.4 is 10.6 Å². The van der Waals surface area contributed by atoms with Crippen LogP contribution in [0.2, 0.25) is 0 Å². The fraction of sp³-hybridized carbons (Fsp3) is 0.417. The number of hydrogen-bond donors (Lipinski definition) is 2. The van der Waals surface area contributed by atoms with Crippen LogP contribution in [0.1, 0.15) is 39.9 Å². The van der Waals surface area contributed by atoms with Gasteiger partial charge in [-0.1, -0.05) is 36.4 Å². The monoisotopic (exact) mass is 407 g/mol. The molecule has 0 aromatic heterocycles. The highest BCUT2D eigenvalue weighted by Gasteiger charge is 2.11. The van der Waals surface area contributed by atoms with Crippen molar-refractivity contribution in [2.75, 3.05) is 34.2 Å². The third-order valence-electron chi connectivity index (χ3n) is 5.38. The lowest BCUT2D eigenvalue weighted by Crippen LogP contribution is -2.36. The molecule has 1 aliphatic rings. The van der Waals surface area contributed by atoms with Crippen molar-refractivity contribution in [1.29, 1.82) is 0 Å². The average molecular weight is 408 g/mol. The molecular formula is C24H33N5O. The molecule has 0 saturated carbocycles. The number of benzene rings is 2. The van der Waals surface area contributed by atoms with Gasteiger partial charge in [-0.3, -0.25) is 14.7 Å². The molecule has 6 nitrogen and oxygen atoms in total. The molecule has 6 heteroatoms. The standard InChI is InChI=1S/C24H33N5O/c1-25-24(27-17-20-10-12-22(13-11-20)23(30)28(2)3)26-16-19-6-8-21(9-7-19)18-29-14-4-5-15-29/h6-13H,4-5,14-18H2,1-3H3,(H2,25,26,27). The first-order valence-corrected chi connectivity index (χ1v) is 10.6. The minimum Gasteiger partial charge on any atom is -0.352 e. The van der Waals surface area contributed by atoms with E-state index in [4.69, 9.17) is 0 Å². The molecule has 0 atom stereocenters. The topological polar surface area (TPSA) is 60.0 Å². The Morgan fingerprint density at radius 1 is 0.900 bits per heavy atom. The SMILES string of the molecule is CN=C(NCc1ccc(CN2CCCC2)cc1)NCc1ccc(C(=O)N(C)C)cc1. The fourth-order valence-corrected chi connectivity index (χ4v) is 3.58. The van der Waals surface area contributed by atoms with Crippen LogP contribution in [0.3, 0.4) is 0 Å². The highest BCUT2D eigenvalue weighted by Crippen LogP contribution is 2.13. The van der Waals surface area contributed by atoms with Gasteiger partial charge in [0.1, 0.15) is 0 Å². The molecule has 1 heterocycles. The fourth-order valence-electron chi connectivity index (χ4n) is 3.58. The number of nitrogens with one attached hydrogen (secondary N) is 2. The molecule has 1 saturated heterocycles. The van der Waals surface area contributed by atoms with Crippen molar-refractivity contribution < 1.29 is 4.79 Å². The second-order valence-corrected chi connectivity index (χ2v) is 7.98. The Hall–Kier alpha value is -2.86. The molecule has 0 bridgehead atoms. The van der Waals surface area contributed by atoms with E-state index >= 15 is 0 Å². The van der Waals surface area contributed by atoms with Crippen molar-refractivity contribution in [2.45, 2.75) is 32.5 Å². The van der Waals surface area contributed by atoms with Gasteiger partial charge in [-0.15, -0.1) is 0 Å². The van der Waals surface area contributed by atoms with Crippen LogP contribution in [0.4, 0.5) is 0 Å². The summed E-state index contributed by atoms with van der Waals surface area (Å²) >= 11 is 0. The summed E-state index contributed by atoms with van der Waals surface area (Å²) < 4.78 is 0. The van der Waals surface area contributed by atoms with Gasteiger partial charge in [0.05, 0.1) is 0 Å². The number of likely N-dealkylation sites (tertiary alicyclic amines) is 1. The number of carbonyl (C=O) groups is 1. The Morgan fingerprint density at radius 3 is 1.90 bits per heavy atom. The predicted octanol–water partition coefficient (Wildman–Crippen LogP) is 2.85. The lowest BCUT2D eigenvalue weighted by molar-refractivity contribution is 0.0827. The summed E-state index contributed by atoms with van der Waals surface area (Å²) in [5, 5.41) is 6.68. The van der Waals surface area contributed by atoms with E-state index in [0.717, 1.165) is 24.6 Å². The second kappa shape index (κ2) is 10.8. The second-order valence-electron chi connectivity index (χ2n) is 7.98. The Kier molecular flexibility index (Phi) is 7.85. The van der Waals surface area contributed by atoms with Crippen LogP contribution in [-0.4, -0.2) is 55.9 Å². The third kappa shape index (κ3) is 6.32. The summed E-state index contributed by atoms with van der Waals surface area (Å²) in [7, 11) is 5.29. The first kappa shape index (κ1) is 21.8. The molecule has 0 spiro atoms. The maximum atomic E-state index is 12.0. The lowest BCUT2D eigenvalue weighted by atomic mass is 10.1. The smallest absolute Gasteiger partial charge is 0.253 e. The zero-order valence-electron chi connectivity index (χ0n) is 18.3. The maximum Gasteiger partial charge on any atom is 0.253 e. The summed E-state index contributed by atoms with van der Waals surface area (Å²) in [6.07, 6.45) is 2.65. The van der Waals surface area contributed by atoms with Crippen molar-refractivity contribution in [3.05, 3.63) is 70.8 Å². The van der Waals surface area contributed by atoms with E-state index in [1.807, 2.05) is 24.3 Å². The zero-order valence-corrected chi connectivity index (χ0v) is 18.3. The molecule has 160 valence electrons. The zero-order chi connectivity index (χ0) is 21.3. The quantitative estimate of drug-likeness (QED) is 0.547. The van der Waals surface area contributed by atoms with E-state index in [2.05, 4.69) is 44.8 Å². The molecular weight excluding hydrogens is 374 g/mol. The number of nitrogens with zero attached hydrogens (tertiary/aromatic N) is 3. The van der Waals surface area contributed by atoms with E-state index in [1.54, 1.807) is 26.0 Å². The summed E-state index contributed by atoms with van der Waals surface area (Å²) in [5.74, 6) is 0.767. The van der Waals surface area contributed by atoms with Crippen LogP contribution in [0.15, 0.2) is 53.5 Å². The number of carbonyl (C=O) groups excluding carboxylic acids is 1. The Labute approximate surface area is 180 Å². The van der Waals surface area contributed by atoms with Crippen LogP contribution in [0.25, 0.3) is 0 Å². The highest BCUT2D eigenvalue weighted by atomic mass is 16.2. The van der Waals surface area contributed by atoms with Gasteiger partial charge in [0.2, 0.25) is 0 Å². The number of hydrogen-bond acceptors (Lipinski definition) is 3. The summed E-state index contributed by atoms with van der Waals surface area (Å²) in [4.78, 5) is 20.4. The average Bonchev–Trinajstić information content (AvgIpc) is 3.28. The van der Waals surface area contributed by atoms with Crippen LogP contribution in [-0.2, 0) is 19.6 Å². The van der Waals surface area contributed by atoms with Gasteiger partial charge in [-0.25, -0.2) is 0 Å². The van der Waals surface area contributed by atoms with Gasteiger partial charge in [-0.05, 0) is 54.8 Å². The van der Waals surface area contributed by atoms with Crippen molar-refractivity contribution in [2.24, 2.45) is 4.99 Å². The van der Waals surface area contributed by atoms with Gasteiger partial charge in [0.25, 0.3) is 5.91 Å². The molecule has 0 unspecified atom stereocenters.